The number of hydrogen-bond acceptors (Lipinski definition) is 3. The molecule has 2 unspecified atom stereocenters. The molecule has 0 bridgehead atoms. The van der Waals surface area contributed by atoms with E-state index in [9.17, 15) is 4.79 Å². The van der Waals surface area contributed by atoms with Crippen molar-refractivity contribution in [2.75, 3.05) is 13.7 Å². The van der Waals surface area contributed by atoms with Crippen LogP contribution in [0.4, 0.5) is 0 Å². The summed E-state index contributed by atoms with van der Waals surface area (Å²) in [5, 5.41) is 3.11. The summed E-state index contributed by atoms with van der Waals surface area (Å²) in [6.07, 6.45) is 4.52. The number of rotatable bonds is 4. The van der Waals surface area contributed by atoms with E-state index in [2.05, 4.69) is 5.32 Å². The Morgan fingerprint density at radius 3 is 2.95 bits per heavy atom. The zero-order valence-corrected chi connectivity index (χ0v) is 11.4. The van der Waals surface area contributed by atoms with Crippen molar-refractivity contribution < 1.29 is 9.53 Å². The van der Waals surface area contributed by atoms with E-state index in [4.69, 9.17) is 10.5 Å². The van der Waals surface area contributed by atoms with Gasteiger partial charge in [0.1, 0.15) is 5.75 Å². The van der Waals surface area contributed by atoms with Crippen molar-refractivity contribution in [2.45, 2.75) is 31.7 Å². The highest BCUT2D eigenvalue weighted by Gasteiger charge is 2.25. The molecule has 1 aromatic carbocycles. The van der Waals surface area contributed by atoms with Gasteiger partial charge in [-0.15, -0.1) is 0 Å². The van der Waals surface area contributed by atoms with Crippen molar-refractivity contribution in [1.29, 1.82) is 0 Å². The van der Waals surface area contributed by atoms with Gasteiger partial charge in [0.2, 0.25) is 0 Å². The molecule has 2 rings (SSSR count). The predicted molar refractivity (Wildman–Crippen MR) is 75.3 cm³/mol. The van der Waals surface area contributed by atoms with Crippen LogP contribution in [-0.2, 0) is 0 Å². The zero-order valence-electron chi connectivity index (χ0n) is 11.4. The molecule has 0 saturated heterocycles. The van der Waals surface area contributed by atoms with E-state index >= 15 is 0 Å². The number of carbonyl (C=O) groups excluding carboxylic acids is 1. The molecule has 0 radical (unpaired) electrons. The van der Waals surface area contributed by atoms with Gasteiger partial charge in [0.25, 0.3) is 5.91 Å². The Hall–Kier alpha value is -1.55. The molecule has 19 heavy (non-hydrogen) atoms. The van der Waals surface area contributed by atoms with Crippen LogP contribution >= 0.6 is 0 Å². The lowest BCUT2D eigenvalue weighted by Crippen LogP contribution is -2.44. The summed E-state index contributed by atoms with van der Waals surface area (Å²) in [6.45, 7) is 0.642. The number of nitrogens with two attached hydrogens (primary N) is 1. The average molecular weight is 262 g/mol. The standard InChI is InChI=1S/C15H22N2O2/c1-19-13-7-4-6-11(9-13)15(18)17-14-8-3-2-5-12(14)10-16/h4,6-7,9,12,14H,2-3,5,8,10,16H2,1H3,(H,17,18). The summed E-state index contributed by atoms with van der Waals surface area (Å²) in [5.74, 6) is 1.07. The largest absolute Gasteiger partial charge is 0.497 e. The highest BCUT2D eigenvalue weighted by atomic mass is 16.5. The van der Waals surface area contributed by atoms with Gasteiger partial charge in [0.05, 0.1) is 7.11 Å². The SMILES string of the molecule is COc1cccc(C(=O)NC2CCCCC2CN)c1. The molecule has 1 fully saturated rings. The second-order valence-electron chi connectivity index (χ2n) is 5.09. The van der Waals surface area contributed by atoms with Crippen molar-refractivity contribution in [3.05, 3.63) is 29.8 Å². The first kappa shape index (κ1) is 13.9. The number of amides is 1. The molecule has 3 N–H and O–H groups in total. The Morgan fingerprint density at radius 1 is 1.42 bits per heavy atom. The number of hydrogen-bond donors (Lipinski definition) is 2. The second-order valence-corrected chi connectivity index (χ2v) is 5.09. The van der Waals surface area contributed by atoms with Gasteiger partial charge in [-0.2, -0.15) is 0 Å². The minimum atomic E-state index is -0.0377. The molecular weight excluding hydrogens is 240 g/mol. The Labute approximate surface area is 114 Å². The molecule has 1 amide bonds. The molecule has 0 aromatic heterocycles. The molecule has 1 aliphatic rings. The van der Waals surface area contributed by atoms with Crippen LogP contribution in [0.3, 0.4) is 0 Å². The predicted octanol–water partition coefficient (Wildman–Crippen LogP) is 1.94. The molecule has 104 valence electrons. The Kier molecular flexibility index (Phi) is 4.80. The van der Waals surface area contributed by atoms with Crippen LogP contribution in [0.25, 0.3) is 0 Å². The van der Waals surface area contributed by atoms with Crippen molar-refractivity contribution in [3.8, 4) is 5.75 Å². The van der Waals surface area contributed by atoms with Crippen LogP contribution in [0.15, 0.2) is 24.3 Å². The van der Waals surface area contributed by atoms with E-state index in [0.717, 1.165) is 12.8 Å². The fraction of sp³-hybridized carbons (Fsp3) is 0.533. The van der Waals surface area contributed by atoms with Gasteiger partial charge in [0.15, 0.2) is 0 Å². The molecule has 4 nitrogen and oxygen atoms in total. The highest BCUT2D eigenvalue weighted by molar-refractivity contribution is 5.94. The van der Waals surface area contributed by atoms with E-state index in [0.29, 0.717) is 23.8 Å². The Balaban J connectivity index is 2.02. The van der Waals surface area contributed by atoms with Crippen molar-refractivity contribution in [2.24, 2.45) is 11.7 Å². The third-order valence-electron chi connectivity index (χ3n) is 3.86. The third-order valence-corrected chi connectivity index (χ3v) is 3.86. The van der Waals surface area contributed by atoms with Crippen LogP contribution in [0.1, 0.15) is 36.0 Å². The van der Waals surface area contributed by atoms with Crippen molar-refractivity contribution in [1.82, 2.24) is 5.32 Å². The van der Waals surface area contributed by atoms with Crippen molar-refractivity contribution >= 4 is 5.91 Å². The maximum Gasteiger partial charge on any atom is 0.251 e. The lowest BCUT2D eigenvalue weighted by molar-refractivity contribution is 0.0907. The topological polar surface area (TPSA) is 64.3 Å². The van der Waals surface area contributed by atoms with Gasteiger partial charge < -0.3 is 15.8 Å². The molecule has 2 atom stereocenters. The number of nitrogens with one attached hydrogen (secondary N) is 1. The fourth-order valence-electron chi connectivity index (χ4n) is 2.70. The maximum absolute atomic E-state index is 12.2. The first-order valence-corrected chi connectivity index (χ1v) is 6.89. The molecule has 0 aliphatic heterocycles. The zero-order chi connectivity index (χ0) is 13.7. The molecule has 0 heterocycles. The summed E-state index contributed by atoms with van der Waals surface area (Å²) >= 11 is 0. The van der Waals surface area contributed by atoms with Crippen LogP contribution in [0.2, 0.25) is 0 Å². The van der Waals surface area contributed by atoms with Gasteiger partial charge in [-0.05, 0) is 43.5 Å². The molecule has 1 aromatic rings. The Morgan fingerprint density at radius 2 is 2.21 bits per heavy atom. The summed E-state index contributed by atoms with van der Waals surface area (Å²) in [5.41, 5.74) is 6.42. The molecule has 1 aliphatic carbocycles. The van der Waals surface area contributed by atoms with Gasteiger partial charge in [-0.1, -0.05) is 18.9 Å². The van der Waals surface area contributed by atoms with Crippen molar-refractivity contribution in [3.63, 3.8) is 0 Å². The van der Waals surface area contributed by atoms with E-state index in [-0.39, 0.29) is 11.9 Å². The highest BCUT2D eigenvalue weighted by Crippen LogP contribution is 2.24. The molecule has 0 spiro atoms. The van der Waals surface area contributed by atoms with E-state index in [1.165, 1.54) is 12.8 Å². The second kappa shape index (κ2) is 6.57. The normalized spacial score (nSPS) is 22.8. The minimum absolute atomic E-state index is 0.0377. The summed E-state index contributed by atoms with van der Waals surface area (Å²) in [7, 11) is 1.60. The quantitative estimate of drug-likeness (QED) is 0.871. The molecular formula is C15H22N2O2. The smallest absolute Gasteiger partial charge is 0.251 e. The lowest BCUT2D eigenvalue weighted by Gasteiger charge is -2.31. The maximum atomic E-state index is 12.2. The number of methoxy groups -OCH3 is 1. The van der Waals surface area contributed by atoms with Gasteiger partial charge in [0, 0.05) is 11.6 Å². The summed E-state index contributed by atoms with van der Waals surface area (Å²) < 4.78 is 5.14. The van der Waals surface area contributed by atoms with E-state index in [1.54, 1.807) is 19.2 Å². The first-order valence-electron chi connectivity index (χ1n) is 6.89. The monoisotopic (exact) mass is 262 g/mol. The fourth-order valence-corrected chi connectivity index (χ4v) is 2.70. The Bertz CT molecular complexity index is 434. The van der Waals surface area contributed by atoms with Gasteiger partial charge in [-0.25, -0.2) is 0 Å². The van der Waals surface area contributed by atoms with Gasteiger partial charge in [-0.3, -0.25) is 4.79 Å². The third kappa shape index (κ3) is 3.47. The van der Waals surface area contributed by atoms with E-state index in [1.807, 2.05) is 12.1 Å². The molecule has 1 saturated carbocycles. The summed E-state index contributed by atoms with van der Waals surface area (Å²) in [4.78, 5) is 12.2. The van der Waals surface area contributed by atoms with E-state index < -0.39 is 0 Å². The lowest BCUT2D eigenvalue weighted by atomic mass is 9.84. The number of carbonyl (C=O) groups is 1. The number of benzene rings is 1. The van der Waals surface area contributed by atoms with Crippen LogP contribution in [-0.4, -0.2) is 25.6 Å². The van der Waals surface area contributed by atoms with Crippen LogP contribution in [0, 0.1) is 5.92 Å². The minimum Gasteiger partial charge on any atom is -0.497 e. The first-order chi connectivity index (χ1) is 9.24. The van der Waals surface area contributed by atoms with Gasteiger partial charge >= 0.3 is 0 Å². The van der Waals surface area contributed by atoms with Crippen LogP contribution < -0.4 is 15.8 Å². The summed E-state index contributed by atoms with van der Waals surface area (Å²) in [6, 6.07) is 7.43. The molecule has 4 heteroatoms. The average Bonchev–Trinajstić information content (AvgIpc) is 2.47. The van der Waals surface area contributed by atoms with Crippen LogP contribution in [0.5, 0.6) is 5.75 Å². The number of ether oxygens (including phenoxy) is 1.